The molecule has 0 aromatic heterocycles. The van der Waals surface area contributed by atoms with E-state index in [1.807, 2.05) is 11.8 Å². The second-order valence-electron chi connectivity index (χ2n) is 3.87. The Hall–Kier alpha value is -1.94. The van der Waals surface area contributed by atoms with Crippen LogP contribution in [0.2, 0.25) is 0 Å². The lowest BCUT2D eigenvalue weighted by atomic mass is 10.2. The molecule has 2 rings (SSSR count). The minimum atomic E-state index is -0.833. The van der Waals surface area contributed by atoms with E-state index in [9.17, 15) is 0 Å². The summed E-state index contributed by atoms with van der Waals surface area (Å²) in [4.78, 5) is 9.00. The quantitative estimate of drug-likeness (QED) is 0.899. The van der Waals surface area contributed by atoms with E-state index >= 15 is 0 Å². The molecule has 4 N–H and O–H groups in total. The number of urea groups is 1. The fourth-order valence-electron chi connectivity index (χ4n) is 1.44. The van der Waals surface area contributed by atoms with Crippen LogP contribution in [0.1, 0.15) is 11.1 Å². The van der Waals surface area contributed by atoms with Gasteiger partial charge in [0.05, 0.1) is 0 Å². The Morgan fingerprint density at radius 3 is 1.42 bits per heavy atom. The molecule has 100 valence electrons. The SMILES string of the molecule is NC(N)=O.c1ccc(CSCc2ccccc2)cc1. The number of primary amides is 2. The lowest BCUT2D eigenvalue weighted by Gasteiger charge is -2.01. The molecule has 0 fully saturated rings. The van der Waals surface area contributed by atoms with E-state index in [0.29, 0.717) is 0 Å². The first-order valence-electron chi connectivity index (χ1n) is 5.89. The molecular formula is C15H18N2OS. The van der Waals surface area contributed by atoms with Crippen LogP contribution >= 0.6 is 11.8 Å². The van der Waals surface area contributed by atoms with Crippen molar-refractivity contribution in [1.82, 2.24) is 0 Å². The third-order valence-corrected chi connectivity index (χ3v) is 3.30. The highest BCUT2D eigenvalue weighted by Gasteiger charge is 1.93. The molecule has 0 aliphatic heterocycles. The van der Waals surface area contributed by atoms with Crippen LogP contribution in [0.25, 0.3) is 0 Å². The molecule has 0 radical (unpaired) electrons. The molecule has 0 spiro atoms. The molecule has 0 saturated heterocycles. The molecule has 0 heterocycles. The molecule has 3 nitrogen and oxygen atoms in total. The Kier molecular flexibility index (Phi) is 7.20. The number of benzene rings is 2. The normalized spacial score (nSPS) is 9.26. The Balaban J connectivity index is 0.000000399. The van der Waals surface area contributed by atoms with Gasteiger partial charge in [0.2, 0.25) is 0 Å². The van der Waals surface area contributed by atoms with Crippen molar-refractivity contribution in [2.24, 2.45) is 11.5 Å². The maximum absolute atomic E-state index is 9.00. The molecule has 2 aromatic rings. The topological polar surface area (TPSA) is 69.1 Å². The van der Waals surface area contributed by atoms with Crippen LogP contribution in [0.3, 0.4) is 0 Å². The van der Waals surface area contributed by atoms with Crippen molar-refractivity contribution in [2.45, 2.75) is 11.5 Å². The third kappa shape index (κ3) is 7.89. The second-order valence-corrected chi connectivity index (χ2v) is 4.85. The first-order valence-corrected chi connectivity index (χ1v) is 7.04. The van der Waals surface area contributed by atoms with Gasteiger partial charge in [0.25, 0.3) is 0 Å². The van der Waals surface area contributed by atoms with Crippen molar-refractivity contribution in [3.8, 4) is 0 Å². The lowest BCUT2D eigenvalue weighted by Crippen LogP contribution is -2.18. The lowest BCUT2D eigenvalue weighted by molar-refractivity contribution is 0.256. The fraction of sp³-hybridized carbons (Fsp3) is 0.133. The van der Waals surface area contributed by atoms with Crippen LogP contribution in [0.5, 0.6) is 0 Å². The summed E-state index contributed by atoms with van der Waals surface area (Å²) in [6.45, 7) is 0. The van der Waals surface area contributed by atoms with Crippen molar-refractivity contribution in [3.63, 3.8) is 0 Å². The van der Waals surface area contributed by atoms with Crippen LogP contribution in [0.15, 0.2) is 60.7 Å². The van der Waals surface area contributed by atoms with Gasteiger partial charge in [-0.2, -0.15) is 11.8 Å². The molecule has 19 heavy (non-hydrogen) atoms. The summed E-state index contributed by atoms with van der Waals surface area (Å²) in [5.41, 5.74) is 11.3. The van der Waals surface area contributed by atoms with Crippen molar-refractivity contribution >= 4 is 17.8 Å². The van der Waals surface area contributed by atoms with Gasteiger partial charge in [-0.05, 0) is 11.1 Å². The van der Waals surface area contributed by atoms with Crippen LogP contribution < -0.4 is 11.5 Å². The molecule has 2 amide bonds. The van der Waals surface area contributed by atoms with Gasteiger partial charge < -0.3 is 11.5 Å². The molecule has 0 aliphatic carbocycles. The van der Waals surface area contributed by atoms with E-state index in [1.54, 1.807) is 0 Å². The highest BCUT2D eigenvalue weighted by atomic mass is 32.2. The highest BCUT2D eigenvalue weighted by Crippen LogP contribution is 2.17. The van der Waals surface area contributed by atoms with Crippen molar-refractivity contribution < 1.29 is 4.79 Å². The van der Waals surface area contributed by atoms with Crippen LogP contribution in [-0.4, -0.2) is 6.03 Å². The van der Waals surface area contributed by atoms with Crippen LogP contribution in [-0.2, 0) is 11.5 Å². The average molecular weight is 274 g/mol. The number of hydrogen-bond acceptors (Lipinski definition) is 2. The maximum Gasteiger partial charge on any atom is 0.309 e. The van der Waals surface area contributed by atoms with E-state index in [0.717, 1.165) is 11.5 Å². The summed E-state index contributed by atoms with van der Waals surface area (Å²) >= 11 is 1.96. The Labute approximate surface area is 118 Å². The van der Waals surface area contributed by atoms with Crippen molar-refractivity contribution in [1.29, 1.82) is 0 Å². The van der Waals surface area contributed by atoms with Crippen molar-refractivity contribution in [2.75, 3.05) is 0 Å². The minimum absolute atomic E-state index is 0.833. The molecule has 0 unspecified atom stereocenters. The number of carbonyl (C=O) groups excluding carboxylic acids is 1. The molecule has 0 bridgehead atoms. The number of amides is 2. The van der Waals surface area contributed by atoms with Gasteiger partial charge in [-0.1, -0.05) is 60.7 Å². The number of rotatable bonds is 4. The van der Waals surface area contributed by atoms with Crippen molar-refractivity contribution in [3.05, 3.63) is 71.8 Å². The summed E-state index contributed by atoms with van der Waals surface area (Å²) in [5, 5.41) is 0. The summed E-state index contributed by atoms with van der Waals surface area (Å²) < 4.78 is 0. The fourth-order valence-corrected chi connectivity index (χ4v) is 2.39. The Bertz CT molecular complexity index is 431. The van der Waals surface area contributed by atoms with E-state index in [1.165, 1.54) is 11.1 Å². The van der Waals surface area contributed by atoms with Crippen LogP contribution in [0, 0.1) is 0 Å². The summed E-state index contributed by atoms with van der Waals surface area (Å²) in [6.07, 6.45) is 0. The third-order valence-electron chi connectivity index (χ3n) is 2.22. The molecule has 0 atom stereocenters. The average Bonchev–Trinajstić information content (AvgIpc) is 2.41. The van der Waals surface area contributed by atoms with Gasteiger partial charge in [0.15, 0.2) is 0 Å². The minimum Gasteiger partial charge on any atom is -0.352 e. The van der Waals surface area contributed by atoms with Gasteiger partial charge in [-0.25, -0.2) is 4.79 Å². The molecule has 0 saturated carbocycles. The zero-order chi connectivity index (χ0) is 13.9. The zero-order valence-electron chi connectivity index (χ0n) is 10.7. The summed E-state index contributed by atoms with van der Waals surface area (Å²) in [7, 11) is 0. The number of thioether (sulfide) groups is 1. The molecular weight excluding hydrogens is 256 g/mol. The summed E-state index contributed by atoms with van der Waals surface area (Å²) in [6, 6.07) is 20.4. The first-order chi connectivity index (χ1) is 9.18. The number of nitrogens with two attached hydrogens (primary N) is 2. The number of carbonyl (C=O) groups is 1. The smallest absolute Gasteiger partial charge is 0.309 e. The van der Waals surface area contributed by atoms with E-state index in [-0.39, 0.29) is 0 Å². The van der Waals surface area contributed by atoms with Gasteiger partial charge in [-0.15, -0.1) is 0 Å². The van der Waals surface area contributed by atoms with E-state index in [4.69, 9.17) is 4.79 Å². The predicted molar refractivity (Wildman–Crippen MR) is 81.7 cm³/mol. The second kappa shape index (κ2) is 9.05. The van der Waals surface area contributed by atoms with Gasteiger partial charge in [0, 0.05) is 11.5 Å². The monoisotopic (exact) mass is 274 g/mol. The van der Waals surface area contributed by atoms with Gasteiger partial charge >= 0.3 is 6.03 Å². The predicted octanol–water partition coefficient (Wildman–Crippen LogP) is 3.14. The maximum atomic E-state index is 9.00. The molecule has 2 aromatic carbocycles. The standard InChI is InChI=1S/C14H14S.CH4N2O/c1-3-7-13(8-4-1)11-15-12-14-9-5-2-6-10-14;2-1(3)4/h1-10H,11-12H2;(H4,2,3,4). The van der Waals surface area contributed by atoms with Crippen LogP contribution in [0.4, 0.5) is 4.79 Å². The highest BCUT2D eigenvalue weighted by molar-refractivity contribution is 7.97. The Morgan fingerprint density at radius 1 is 0.789 bits per heavy atom. The molecule has 4 heteroatoms. The first kappa shape index (κ1) is 15.1. The van der Waals surface area contributed by atoms with E-state index < -0.39 is 6.03 Å². The molecule has 0 aliphatic rings. The van der Waals surface area contributed by atoms with Gasteiger partial charge in [-0.3, -0.25) is 0 Å². The Morgan fingerprint density at radius 2 is 1.11 bits per heavy atom. The number of hydrogen-bond donors (Lipinski definition) is 2. The largest absolute Gasteiger partial charge is 0.352 e. The summed E-state index contributed by atoms with van der Waals surface area (Å²) in [5.74, 6) is 2.19. The van der Waals surface area contributed by atoms with E-state index in [2.05, 4.69) is 72.1 Å². The zero-order valence-corrected chi connectivity index (χ0v) is 11.5. The van der Waals surface area contributed by atoms with Gasteiger partial charge in [0.1, 0.15) is 0 Å².